The quantitative estimate of drug-likeness (QED) is 0.135. The minimum atomic E-state index is -0.110. The number of thiazole rings is 1. The van der Waals surface area contributed by atoms with Gasteiger partial charge in [0.2, 0.25) is 23.6 Å². The number of anilines is 2. The summed E-state index contributed by atoms with van der Waals surface area (Å²) in [5.74, 6) is -0.0855. The van der Waals surface area contributed by atoms with E-state index in [2.05, 4.69) is 10.6 Å². The molecule has 4 aromatic carbocycles. The number of hydrogen-bond donors (Lipinski definition) is 2. The fraction of sp³-hybridized carbons (Fsp3) is 0.295. The topological polar surface area (TPSA) is 112 Å². The van der Waals surface area contributed by atoms with Crippen molar-refractivity contribution in [2.75, 3.05) is 23.7 Å². The summed E-state index contributed by atoms with van der Waals surface area (Å²) in [7, 11) is 0. The Hall–Kier alpha value is -5.61. The minimum Gasteiger partial charge on any atom is -0.339 e. The summed E-state index contributed by atoms with van der Waals surface area (Å²) in [5.41, 5.74) is 6.13. The molecule has 9 nitrogen and oxygen atoms in total. The predicted molar refractivity (Wildman–Crippen MR) is 214 cm³/mol. The van der Waals surface area contributed by atoms with Crippen LogP contribution in [-0.2, 0) is 32.0 Å². The second-order valence-electron chi connectivity index (χ2n) is 14.2. The van der Waals surface area contributed by atoms with Crippen molar-refractivity contribution in [3.05, 3.63) is 125 Å². The molecule has 0 saturated carbocycles. The molecule has 2 saturated heterocycles. The molecule has 4 amide bonds. The number of carbonyl (C=O) groups excluding carboxylic acids is 4. The third-order valence-electron chi connectivity index (χ3n) is 10.2. The lowest BCUT2D eigenvalue weighted by atomic mass is 10.1. The Morgan fingerprint density at radius 2 is 1.07 bits per heavy atom. The molecule has 3 heterocycles. The molecule has 54 heavy (non-hydrogen) atoms. The van der Waals surface area contributed by atoms with Crippen LogP contribution in [0.2, 0.25) is 0 Å². The number of benzene rings is 4. The average molecular weight is 740 g/mol. The molecule has 5 aromatic rings. The van der Waals surface area contributed by atoms with Crippen molar-refractivity contribution >= 4 is 46.3 Å². The maximum Gasteiger partial charge on any atom is 0.227 e. The van der Waals surface area contributed by atoms with Crippen molar-refractivity contribution in [3.8, 4) is 21.7 Å². The number of aromatic nitrogens is 1. The van der Waals surface area contributed by atoms with Crippen LogP contribution in [0, 0.1) is 6.92 Å². The fourth-order valence-electron chi connectivity index (χ4n) is 7.58. The van der Waals surface area contributed by atoms with Gasteiger partial charge in [-0.3, -0.25) is 19.2 Å². The van der Waals surface area contributed by atoms with Gasteiger partial charge in [0.25, 0.3) is 0 Å². The van der Waals surface area contributed by atoms with E-state index >= 15 is 0 Å². The highest BCUT2D eigenvalue weighted by atomic mass is 32.1. The third kappa shape index (κ3) is 9.12. The molecule has 0 bridgehead atoms. The van der Waals surface area contributed by atoms with Gasteiger partial charge in [0.1, 0.15) is 0 Å². The van der Waals surface area contributed by atoms with E-state index in [4.69, 9.17) is 4.98 Å². The van der Waals surface area contributed by atoms with E-state index in [9.17, 15) is 19.2 Å². The molecule has 276 valence electrons. The molecular formula is C44H45N5O4S. The summed E-state index contributed by atoms with van der Waals surface area (Å²) in [5, 5.41) is 6.98. The summed E-state index contributed by atoms with van der Waals surface area (Å²) in [6.45, 7) is 3.35. The van der Waals surface area contributed by atoms with Crippen molar-refractivity contribution in [3.63, 3.8) is 0 Å². The highest BCUT2D eigenvalue weighted by Gasteiger charge is 2.31. The smallest absolute Gasteiger partial charge is 0.227 e. The van der Waals surface area contributed by atoms with Crippen LogP contribution in [0.1, 0.15) is 54.7 Å². The lowest BCUT2D eigenvalue weighted by molar-refractivity contribution is -0.133. The predicted octanol–water partition coefficient (Wildman–Crippen LogP) is 7.91. The zero-order chi connectivity index (χ0) is 37.4. The zero-order valence-electron chi connectivity index (χ0n) is 30.5. The summed E-state index contributed by atoms with van der Waals surface area (Å²) in [6, 6.07) is 34.7. The lowest BCUT2D eigenvalue weighted by Gasteiger charge is -2.24. The van der Waals surface area contributed by atoms with Gasteiger partial charge in [-0.15, -0.1) is 11.3 Å². The van der Waals surface area contributed by atoms with Gasteiger partial charge in [-0.2, -0.15) is 0 Å². The standard InChI is InChI=1S/C44H45N5O4S/c1-30-45-43(33-16-20-35(21-17-33)46-39(50)28-37-14-8-24-48(37)41(52)26-31-10-4-2-5-11-31)44(54-30)34-18-22-36(23-19-34)47-40(51)29-38-15-9-25-49(38)42(53)27-32-12-6-3-7-13-32/h2-7,10-13,16-23,37-38H,8-9,14-15,24-29H2,1H3,(H,46,50)(H,47,51)/t37-,38-/m0/s1. The second kappa shape index (κ2) is 17.0. The molecule has 0 spiro atoms. The average Bonchev–Trinajstić information content (AvgIpc) is 3.93. The molecule has 2 N–H and O–H groups in total. The summed E-state index contributed by atoms with van der Waals surface area (Å²) in [6.07, 6.45) is 4.68. The van der Waals surface area contributed by atoms with E-state index in [1.807, 2.05) is 126 Å². The Morgan fingerprint density at radius 1 is 0.630 bits per heavy atom. The Labute approximate surface area is 320 Å². The summed E-state index contributed by atoms with van der Waals surface area (Å²) in [4.78, 5) is 61.8. The highest BCUT2D eigenvalue weighted by Crippen LogP contribution is 2.37. The molecule has 2 fully saturated rings. The van der Waals surface area contributed by atoms with Crippen LogP contribution in [0.4, 0.5) is 11.4 Å². The number of rotatable bonds is 12. The number of nitrogens with one attached hydrogen (secondary N) is 2. The third-order valence-corrected chi connectivity index (χ3v) is 11.3. The van der Waals surface area contributed by atoms with Crippen LogP contribution in [0.3, 0.4) is 0 Å². The molecule has 2 atom stereocenters. The van der Waals surface area contributed by atoms with Gasteiger partial charge in [-0.25, -0.2) is 4.98 Å². The van der Waals surface area contributed by atoms with E-state index in [1.54, 1.807) is 11.3 Å². The summed E-state index contributed by atoms with van der Waals surface area (Å²) < 4.78 is 0. The molecular weight excluding hydrogens is 695 g/mol. The van der Waals surface area contributed by atoms with Gasteiger partial charge >= 0.3 is 0 Å². The minimum absolute atomic E-state index is 0.0643. The Bertz CT molecular complexity index is 1930. The molecule has 1 aromatic heterocycles. The van der Waals surface area contributed by atoms with Crippen molar-refractivity contribution in [1.82, 2.24) is 14.8 Å². The Kier molecular flexibility index (Phi) is 11.6. The van der Waals surface area contributed by atoms with Crippen LogP contribution < -0.4 is 10.6 Å². The van der Waals surface area contributed by atoms with Crippen molar-refractivity contribution in [2.24, 2.45) is 0 Å². The first kappa shape index (κ1) is 36.7. The van der Waals surface area contributed by atoms with E-state index in [0.717, 1.165) is 63.5 Å². The van der Waals surface area contributed by atoms with Crippen molar-refractivity contribution in [2.45, 2.75) is 70.4 Å². The Morgan fingerprint density at radius 3 is 1.54 bits per heavy atom. The maximum absolute atomic E-state index is 13.1. The van der Waals surface area contributed by atoms with Crippen LogP contribution in [-0.4, -0.2) is 63.6 Å². The van der Waals surface area contributed by atoms with E-state index in [0.29, 0.717) is 37.3 Å². The molecule has 0 aliphatic carbocycles. The van der Waals surface area contributed by atoms with Crippen molar-refractivity contribution < 1.29 is 19.2 Å². The first-order chi connectivity index (χ1) is 26.3. The van der Waals surface area contributed by atoms with Gasteiger partial charge in [-0.1, -0.05) is 84.9 Å². The van der Waals surface area contributed by atoms with Gasteiger partial charge < -0.3 is 20.4 Å². The molecule has 10 heteroatoms. The van der Waals surface area contributed by atoms with E-state index in [1.165, 1.54) is 0 Å². The summed E-state index contributed by atoms with van der Waals surface area (Å²) >= 11 is 1.60. The number of nitrogens with zero attached hydrogens (tertiary/aromatic N) is 3. The van der Waals surface area contributed by atoms with E-state index < -0.39 is 0 Å². The van der Waals surface area contributed by atoms with Crippen LogP contribution >= 0.6 is 11.3 Å². The van der Waals surface area contributed by atoms with Crippen LogP contribution in [0.25, 0.3) is 21.7 Å². The van der Waals surface area contributed by atoms with E-state index in [-0.39, 0.29) is 48.6 Å². The number of hydrogen-bond acceptors (Lipinski definition) is 6. The molecule has 7 rings (SSSR count). The number of aryl methyl sites for hydroxylation is 1. The first-order valence-corrected chi connectivity index (χ1v) is 19.6. The molecule has 0 unspecified atom stereocenters. The number of likely N-dealkylation sites (tertiary alicyclic amines) is 2. The first-order valence-electron chi connectivity index (χ1n) is 18.7. The monoisotopic (exact) mass is 739 g/mol. The lowest BCUT2D eigenvalue weighted by Crippen LogP contribution is -2.38. The number of carbonyl (C=O) groups is 4. The van der Waals surface area contributed by atoms with Crippen LogP contribution in [0.5, 0.6) is 0 Å². The SMILES string of the molecule is Cc1nc(-c2ccc(NC(=O)C[C@@H]3CCCN3C(=O)Cc3ccccc3)cc2)c(-c2ccc(NC(=O)C[C@@H]3CCCN3C(=O)Cc3ccccc3)cc2)s1. The second-order valence-corrected chi connectivity index (χ2v) is 15.4. The molecule has 2 aliphatic heterocycles. The van der Waals surface area contributed by atoms with Gasteiger partial charge in [0.05, 0.1) is 28.4 Å². The van der Waals surface area contributed by atoms with Gasteiger partial charge in [0.15, 0.2) is 0 Å². The molecule has 2 aliphatic rings. The fourth-order valence-corrected chi connectivity index (χ4v) is 8.53. The van der Waals surface area contributed by atoms with Crippen LogP contribution in [0.15, 0.2) is 109 Å². The number of amides is 4. The maximum atomic E-state index is 13.1. The highest BCUT2D eigenvalue weighted by molar-refractivity contribution is 7.15. The zero-order valence-corrected chi connectivity index (χ0v) is 31.3. The Balaban J connectivity index is 0.931. The van der Waals surface area contributed by atoms with Gasteiger partial charge in [-0.05, 0) is 73.6 Å². The normalized spacial score (nSPS) is 16.7. The molecule has 0 radical (unpaired) electrons. The van der Waals surface area contributed by atoms with Crippen molar-refractivity contribution in [1.29, 1.82) is 0 Å². The van der Waals surface area contributed by atoms with Gasteiger partial charge in [0, 0.05) is 55.0 Å². The largest absolute Gasteiger partial charge is 0.339 e.